The maximum absolute atomic E-state index is 12.9. The molecular weight excluding hydrogens is 430 g/mol. The molecule has 0 bridgehead atoms. The lowest BCUT2D eigenvalue weighted by atomic mass is 10.1. The third-order valence-electron chi connectivity index (χ3n) is 4.40. The Labute approximate surface area is 180 Å². The monoisotopic (exact) mass is 445 g/mol. The summed E-state index contributed by atoms with van der Waals surface area (Å²) in [6.07, 6.45) is 0.639. The molecule has 0 saturated carbocycles. The second kappa shape index (κ2) is 8.36. The first-order valence-electron chi connectivity index (χ1n) is 8.72. The van der Waals surface area contributed by atoms with Crippen LogP contribution in [0.25, 0.3) is 0 Å². The number of primary amides is 1. The first-order valence-corrected chi connectivity index (χ1v) is 10.9. The van der Waals surface area contributed by atoms with Crippen LogP contribution in [-0.4, -0.2) is 29.1 Å². The topological polar surface area (TPSA) is 85.0 Å². The second-order valence-electron chi connectivity index (χ2n) is 6.29. The molecule has 4 rings (SSSR count). The van der Waals surface area contributed by atoms with Gasteiger partial charge < -0.3 is 10.5 Å². The van der Waals surface area contributed by atoms with Crippen molar-refractivity contribution in [2.24, 2.45) is 10.8 Å². The Morgan fingerprint density at radius 2 is 2.00 bits per heavy atom. The average molecular weight is 446 g/mol. The quantitative estimate of drug-likeness (QED) is 0.613. The zero-order valence-corrected chi connectivity index (χ0v) is 17.5. The summed E-state index contributed by atoms with van der Waals surface area (Å²) in [4.78, 5) is 26.7. The van der Waals surface area contributed by atoms with Gasteiger partial charge in [0.15, 0.2) is 6.61 Å². The Morgan fingerprint density at radius 3 is 2.69 bits per heavy atom. The van der Waals surface area contributed by atoms with Crippen LogP contribution < -0.4 is 10.5 Å². The lowest BCUT2D eigenvalue weighted by Crippen LogP contribution is -2.31. The van der Waals surface area contributed by atoms with E-state index in [-0.39, 0.29) is 29.9 Å². The summed E-state index contributed by atoms with van der Waals surface area (Å²) in [5.74, 6) is -0.768. The molecule has 1 aromatic carbocycles. The van der Waals surface area contributed by atoms with Gasteiger partial charge in [-0.15, -0.1) is 22.7 Å². The van der Waals surface area contributed by atoms with Gasteiger partial charge in [0, 0.05) is 16.3 Å². The SMILES string of the molecule is NC(=O)c1cc(Cl)ccc1OCC(=O)N1N=C(c2cccs2)C[C@H]1c1cccs1. The van der Waals surface area contributed by atoms with Crippen molar-refractivity contribution in [1.29, 1.82) is 0 Å². The lowest BCUT2D eigenvalue weighted by molar-refractivity contribution is -0.135. The summed E-state index contributed by atoms with van der Waals surface area (Å²) in [6, 6.07) is 12.2. The molecule has 0 spiro atoms. The highest BCUT2D eigenvalue weighted by Gasteiger charge is 2.34. The fourth-order valence-electron chi connectivity index (χ4n) is 3.06. The minimum Gasteiger partial charge on any atom is -0.483 e. The van der Waals surface area contributed by atoms with Crippen molar-refractivity contribution in [2.45, 2.75) is 12.5 Å². The summed E-state index contributed by atoms with van der Waals surface area (Å²) in [5.41, 5.74) is 6.38. The third-order valence-corrected chi connectivity index (χ3v) is 6.53. The van der Waals surface area contributed by atoms with Crippen molar-refractivity contribution in [3.63, 3.8) is 0 Å². The zero-order valence-electron chi connectivity index (χ0n) is 15.1. The maximum atomic E-state index is 12.9. The molecule has 9 heteroatoms. The van der Waals surface area contributed by atoms with Crippen LogP contribution in [0.4, 0.5) is 0 Å². The number of hydrogen-bond donors (Lipinski definition) is 1. The Morgan fingerprint density at radius 1 is 1.21 bits per heavy atom. The van der Waals surface area contributed by atoms with Crippen LogP contribution in [-0.2, 0) is 4.79 Å². The number of nitrogens with two attached hydrogens (primary N) is 1. The molecule has 0 radical (unpaired) electrons. The second-order valence-corrected chi connectivity index (χ2v) is 8.65. The van der Waals surface area contributed by atoms with E-state index in [0.29, 0.717) is 11.4 Å². The van der Waals surface area contributed by atoms with Crippen molar-refractivity contribution in [2.75, 3.05) is 6.61 Å². The summed E-state index contributed by atoms with van der Waals surface area (Å²) < 4.78 is 5.61. The highest BCUT2D eigenvalue weighted by molar-refractivity contribution is 7.12. The minimum atomic E-state index is -0.675. The predicted octanol–water partition coefficient (Wildman–Crippen LogP) is 4.32. The summed E-state index contributed by atoms with van der Waals surface area (Å²) in [5, 5.41) is 10.4. The Bertz CT molecular complexity index is 1060. The lowest BCUT2D eigenvalue weighted by Gasteiger charge is -2.21. The summed E-state index contributed by atoms with van der Waals surface area (Å²) in [7, 11) is 0. The molecule has 0 aliphatic carbocycles. The smallest absolute Gasteiger partial charge is 0.281 e. The average Bonchev–Trinajstić information content (AvgIpc) is 3.47. The molecule has 1 atom stereocenters. The predicted molar refractivity (Wildman–Crippen MR) is 115 cm³/mol. The van der Waals surface area contributed by atoms with Gasteiger partial charge in [0.05, 0.1) is 22.2 Å². The van der Waals surface area contributed by atoms with E-state index in [0.717, 1.165) is 15.5 Å². The number of carbonyl (C=O) groups is 2. The Hall–Kier alpha value is -2.68. The van der Waals surface area contributed by atoms with Crippen LogP contribution in [0.3, 0.4) is 0 Å². The highest BCUT2D eigenvalue weighted by atomic mass is 35.5. The van der Waals surface area contributed by atoms with Gasteiger partial charge in [0.1, 0.15) is 5.75 Å². The van der Waals surface area contributed by atoms with Gasteiger partial charge in [-0.3, -0.25) is 9.59 Å². The molecule has 1 aliphatic heterocycles. The van der Waals surface area contributed by atoms with E-state index in [1.807, 2.05) is 35.0 Å². The van der Waals surface area contributed by atoms with Gasteiger partial charge >= 0.3 is 0 Å². The van der Waals surface area contributed by atoms with Crippen LogP contribution in [0.15, 0.2) is 58.3 Å². The largest absolute Gasteiger partial charge is 0.483 e. The molecule has 2 N–H and O–H groups in total. The van der Waals surface area contributed by atoms with Crippen molar-refractivity contribution in [1.82, 2.24) is 5.01 Å². The molecule has 0 saturated heterocycles. The fourth-order valence-corrected chi connectivity index (χ4v) is 4.77. The number of thiophene rings is 2. The molecule has 2 aromatic heterocycles. The van der Waals surface area contributed by atoms with E-state index in [1.54, 1.807) is 28.7 Å². The van der Waals surface area contributed by atoms with E-state index in [9.17, 15) is 9.59 Å². The molecule has 1 aliphatic rings. The van der Waals surface area contributed by atoms with Gasteiger partial charge in [0.25, 0.3) is 11.8 Å². The number of hydrogen-bond acceptors (Lipinski definition) is 6. The van der Waals surface area contributed by atoms with Crippen molar-refractivity contribution in [3.8, 4) is 5.75 Å². The van der Waals surface area contributed by atoms with Gasteiger partial charge in [-0.05, 0) is 41.1 Å². The molecular formula is C20H16ClN3O3S2. The van der Waals surface area contributed by atoms with E-state index in [1.165, 1.54) is 17.1 Å². The van der Waals surface area contributed by atoms with Gasteiger partial charge in [0.2, 0.25) is 0 Å². The van der Waals surface area contributed by atoms with E-state index >= 15 is 0 Å². The number of nitrogens with zero attached hydrogens (tertiary/aromatic N) is 2. The Kier molecular flexibility index (Phi) is 5.66. The molecule has 148 valence electrons. The molecule has 2 amide bonds. The first-order chi connectivity index (χ1) is 14.0. The van der Waals surface area contributed by atoms with Crippen LogP contribution in [0, 0.1) is 0 Å². The number of rotatable bonds is 6. The van der Waals surface area contributed by atoms with E-state index < -0.39 is 5.91 Å². The summed E-state index contributed by atoms with van der Waals surface area (Å²) >= 11 is 9.09. The molecule has 3 heterocycles. The number of amides is 2. The number of ether oxygens (including phenoxy) is 1. The molecule has 3 aromatic rings. The van der Waals surface area contributed by atoms with Crippen LogP contribution in [0.5, 0.6) is 5.75 Å². The molecule has 0 unspecified atom stereocenters. The van der Waals surface area contributed by atoms with Crippen molar-refractivity contribution < 1.29 is 14.3 Å². The zero-order chi connectivity index (χ0) is 20.4. The van der Waals surface area contributed by atoms with Gasteiger partial charge in [-0.25, -0.2) is 5.01 Å². The minimum absolute atomic E-state index is 0.129. The van der Waals surface area contributed by atoms with Gasteiger partial charge in [-0.1, -0.05) is 23.7 Å². The molecule has 6 nitrogen and oxygen atoms in total. The normalized spacial score (nSPS) is 16.0. The Balaban J connectivity index is 1.55. The number of hydrazone groups is 1. The number of halogens is 1. The van der Waals surface area contributed by atoms with E-state index in [2.05, 4.69) is 5.10 Å². The third kappa shape index (κ3) is 4.19. The first kappa shape index (κ1) is 19.6. The highest BCUT2D eigenvalue weighted by Crippen LogP contribution is 2.36. The maximum Gasteiger partial charge on any atom is 0.281 e. The molecule has 0 fully saturated rings. The van der Waals surface area contributed by atoms with Gasteiger partial charge in [-0.2, -0.15) is 5.10 Å². The standard InChI is InChI=1S/C20H16ClN3O3S2/c21-12-5-6-16(13(9-12)20(22)26)27-11-19(25)24-15(18-4-2-8-29-18)10-14(23-24)17-3-1-7-28-17/h1-9,15H,10-11H2,(H2,22,26)/t15-/m0/s1. The van der Waals surface area contributed by atoms with Crippen LogP contribution >= 0.6 is 34.3 Å². The number of benzene rings is 1. The summed E-state index contributed by atoms with van der Waals surface area (Å²) in [6.45, 7) is -0.273. The van der Waals surface area contributed by atoms with Crippen LogP contribution in [0.2, 0.25) is 5.02 Å². The molecule has 29 heavy (non-hydrogen) atoms. The number of carbonyl (C=O) groups excluding carboxylic acids is 2. The van der Waals surface area contributed by atoms with Crippen LogP contribution in [0.1, 0.15) is 32.6 Å². The van der Waals surface area contributed by atoms with Crippen molar-refractivity contribution >= 4 is 51.8 Å². The fraction of sp³-hybridized carbons (Fsp3) is 0.150. The van der Waals surface area contributed by atoms with Crippen molar-refractivity contribution in [3.05, 3.63) is 73.6 Å². The van der Waals surface area contributed by atoms with E-state index in [4.69, 9.17) is 22.1 Å².